The van der Waals surface area contributed by atoms with E-state index in [2.05, 4.69) is 45.7 Å². The van der Waals surface area contributed by atoms with Crippen LogP contribution in [0, 0.1) is 5.82 Å². The third-order valence-corrected chi connectivity index (χ3v) is 6.91. The summed E-state index contributed by atoms with van der Waals surface area (Å²) in [4.78, 5) is 29.0. The number of carbonyl (C=O) groups excluding carboxylic acids is 1. The van der Waals surface area contributed by atoms with Crippen molar-refractivity contribution in [1.29, 1.82) is 0 Å². The summed E-state index contributed by atoms with van der Waals surface area (Å²) in [6.45, 7) is 8.74. The zero-order chi connectivity index (χ0) is 25.1. The molecule has 0 radical (unpaired) electrons. The Morgan fingerprint density at radius 2 is 1.64 bits per heavy atom. The number of carbonyl (C=O) groups is 1. The highest BCUT2D eigenvalue weighted by atomic mass is 19.1. The molecule has 0 aliphatic carbocycles. The summed E-state index contributed by atoms with van der Waals surface area (Å²) in [5.74, 6) is 0.676. The van der Waals surface area contributed by atoms with Crippen LogP contribution >= 0.6 is 0 Å². The van der Waals surface area contributed by atoms with Gasteiger partial charge in [0.05, 0.1) is 0 Å². The van der Waals surface area contributed by atoms with Gasteiger partial charge in [0.2, 0.25) is 5.91 Å². The molecular formula is C28H31FN6O. The molecule has 0 unspecified atom stereocenters. The van der Waals surface area contributed by atoms with E-state index in [1.54, 1.807) is 18.5 Å². The van der Waals surface area contributed by atoms with Crippen LogP contribution in [0.25, 0.3) is 22.2 Å². The maximum atomic E-state index is 13.4. The first-order valence-corrected chi connectivity index (χ1v) is 12.5. The molecule has 0 spiro atoms. The third kappa shape index (κ3) is 4.63. The lowest BCUT2D eigenvalue weighted by Crippen LogP contribution is -2.49. The summed E-state index contributed by atoms with van der Waals surface area (Å²) in [7, 11) is 0. The SMILES string of the molecule is CCN(CC)c1ncnc2c(-c3ccccc3)cn(CC(=O)N3CCN(c4ccc(F)cc4)CC3)c12. The van der Waals surface area contributed by atoms with Crippen LogP contribution in [0.3, 0.4) is 0 Å². The molecule has 1 aliphatic rings. The van der Waals surface area contributed by atoms with E-state index in [0.717, 1.165) is 46.8 Å². The first kappa shape index (κ1) is 23.8. The molecule has 0 saturated carbocycles. The number of piperazine rings is 1. The molecule has 1 aliphatic heterocycles. The van der Waals surface area contributed by atoms with Crippen LogP contribution in [-0.4, -0.2) is 64.6 Å². The van der Waals surface area contributed by atoms with Gasteiger partial charge in [0.1, 0.15) is 29.7 Å². The van der Waals surface area contributed by atoms with Crippen LogP contribution in [0.4, 0.5) is 15.9 Å². The molecule has 3 heterocycles. The van der Waals surface area contributed by atoms with E-state index in [0.29, 0.717) is 26.2 Å². The molecular weight excluding hydrogens is 455 g/mol. The molecule has 4 aromatic rings. The van der Waals surface area contributed by atoms with Gasteiger partial charge in [0.25, 0.3) is 0 Å². The summed E-state index contributed by atoms with van der Waals surface area (Å²) in [5, 5.41) is 0. The van der Waals surface area contributed by atoms with Crippen LogP contribution in [0.2, 0.25) is 0 Å². The van der Waals surface area contributed by atoms with Gasteiger partial charge in [-0.2, -0.15) is 0 Å². The maximum Gasteiger partial charge on any atom is 0.242 e. The monoisotopic (exact) mass is 486 g/mol. The number of fused-ring (bicyclic) bond motifs is 1. The van der Waals surface area contributed by atoms with Crippen LogP contribution in [0.15, 0.2) is 67.1 Å². The van der Waals surface area contributed by atoms with Gasteiger partial charge in [-0.1, -0.05) is 30.3 Å². The second kappa shape index (κ2) is 10.4. The number of anilines is 2. The fourth-order valence-corrected chi connectivity index (χ4v) is 4.93. The molecule has 0 N–H and O–H groups in total. The summed E-state index contributed by atoms with van der Waals surface area (Å²) in [6, 6.07) is 16.7. The Bertz CT molecular complexity index is 1330. The highest BCUT2D eigenvalue weighted by Gasteiger charge is 2.24. The van der Waals surface area contributed by atoms with E-state index in [4.69, 9.17) is 0 Å². The Morgan fingerprint density at radius 1 is 0.944 bits per heavy atom. The maximum absolute atomic E-state index is 13.4. The van der Waals surface area contributed by atoms with Crippen molar-refractivity contribution in [3.05, 3.63) is 72.9 Å². The van der Waals surface area contributed by atoms with Crippen molar-refractivity contribution < 1.29 is 9.18 Å². The first-order valence-electron chi connectivity index (χ1n) is 12.5. The Morgan fingerprint density at radius 3 is 2.31 bits per heavy atom. The minimum absolute atomic E-state index is 0.0691. The largest absolute Gasteiger partial charge is 0.368 e. The van der Waals surface area contributed by atoms with Gasteiger partial charge in [-0.3, -0.25) is 4.79 Å². The second-order valence-electron chi connectivity index (χ2n) is 8.95. The smallest absolute Gasteiger partial charge is 0.242 e. The average Bonchev–Trinajstić information content (AvgIpc) is 3.29. The average molecular weight is 487 g/mol. The molecule has 36 heavy (non-hydrogen) atoms. The van der Waals surface area contributed by atoms with Crippen molar-refractivity contribution in [2.45, 2.75) is 20.4 Å². The van der Waals surface area contributed by atoms with Gasteiger partial charge in [0, 0.05) is 56.7 Å². The summed E-state index contributed by atoms with van der Waals surface area (Å²) in [5.41, 5.74) is 4.78. The Hall–Kier alpha value is -3.94. The minimum Gasteiger partial charge on any atom is -0.368 e. The minimum atomic E-state index is -0.241. The Balaban J connectivity index is 1.42. The molecule has 2 aromatic heterocycles. The molecule has 1 saturated heterocycles. The van der Waals surface area contributed by atoms with Crippen LogP contribution in [0.5, 0.6) is 0 Å². The number of benzene rings is 2. The fraction of sp³-hybridized carbons (Fsp3) is 0.321. The molecule has 8 heteroatoms. The van der Waals surface area contributed by atoms with Crippen molar-refractivity contribution in [3.63, 3.8) is 0 Å². The summed E-state index contributed by atoms with van der Waals surface area (Å²) < 4.78 is 15.3. The molecule has 186 valence electrons. The number of amides is 1. The van der Waals surface area contributed by atoms with Crippen LogP contribution in [0.1, 0.15) is 13.8 Å². The molecule has 5 rings (SSSR count). The lowest BCUT2D eigenvalue weighted by atomic mass is 10.1. The first-order chi connectivity index (χ1) is 17.6. The predicted molar refractivity (Wildman–Crippen MR) is 142 cm³/mol. The third-order valence-electron chi connectivity index (χ3n) is 6.91. The van der Waals surface area contributed by atoms with E-state index < -0.39 is 0 Å². The summed E-state index contributed by atoms with van der Waals surface area (Å²) in [6.07, 6.45) is 3.65. The van der Waals surface area contributed by atoms with E-state index in [1.165, 1.54) is 12.1 Å². The van der Waals surface area contributed by atoms with Crippen LogP contribution in [-0.2, 0) is 11.3 Å². The van der Waals surface area contributed by atoms with E-state index in [9.17, 15) is 9.18 Å². The van der Waals surface area contributed by atoms with Crippen molar-refractivity contribution in [3.8, 4) is 11.1 Å². The predicted octanol–water partition coefficient (Wildman–Crippen LogP) is 4.43. The molecule has 1 fully saturated rings. The van der Waals surface area contributed by atoms with E-state index in [-0.39, 0.29) is 18.3 Å². The van der Waals surface area contributed by atoms with Gasteiger partial charge in [0.15, 0.2) is 5.82 Å². The quantitative estimate of drug-likeness (QED) is 0.387. The van der Waals surface area contributed by atoms with E-state index >= 15 is 0 Å². The Kier molecular flexibility index (Phi) is 6.84. The zero-order valence-corrected chi connectivity index (χ0v) is 20.8. The zero-order valence-electron chi connectivity index (χ0n) is 20.8. The van der Waals surface area contributed by atoms with Gasteiger partial charge in [-0.15, -0.1) is 0 Å². The number of hydrogen-bond donors (Lipinski definition) is 0. The number of hydrogen-bond acceptors (Lipinski definition) is 5. The van der Waals surface area contributed by atoms with Crippen LogP contribution < -0.4 is 9.80 Å². The molecule has 1 amide bonds. The van der Waals surface area contributed by atoms with Crippen molar-refractivity contribution >= 4 is 28.4 Å². The van der Waals surface area contributed by atoms with Crippen molar-refractivity contribution in [2.24, 2.45) is 0 Å². The molecule has 0 atom stereocenters. The molecule has 7 nitrogen and oxygen atoms in total. The normalized spacial score (nSPS) is 13.9. The van der Waals surface area contributed by atoms with Crippen molar-refractivity contribution in [1.82, 2.24) is 19.4 Å². The van der Waals surface area contributed by atoms with Gasteiger partial charge in [-0.05, 0) is 43.7 Å². The molecule has 2 aromatic carbocycles. The second-order valence-corrected chi connectivity index (χ2v) is 8.95. The lowest BCUT2D eigenvalue weighted by Gasteiger charge is -2.36. The van der Waals surface area contributed by atoms with Gasteiger partial charge in [-0.25, -0.2) is 14.4 Å². The number of halogens is 1. The lowest BCUT2D eigenvalue weighted by molar-refractivity contribution is -0.132. The fourth-order valence-electron chi connectivity index (χ4n) is 4.93. The highest BCUT2D eigenvalue weighted by Crippen LogP contribution is 2.33. The summed E-state index contributed by atoms with van der Waals surface area (Å²) >= 11 is 0. The number of nitrogens with zero attached hydrogens (tertiary/aromatic N) is 6. The standard InChI is InChI=1S/C28H31FN6O/c1-3-32(4-2)28-27-26(30-20-31-28)24(21-8-6-5-7-9-21)18-35(27)19-25(36)34-16-14-33(15-17-34)23-12-10-22(29)11-13-23/h5-13,18,20H,3-4,14-17,19H2,1-2H3. The van der Waals surface area contributed by atoms with Gasteiger partial charge >= 0.3 is 0 Å². The van der Waals surface area contributed by atoms with Gasteiger partial charge < -0.3 is 19.3 Å². The topological polar surface area (TPSA) is 57.5 Å². The van der Waals surface area contributed by atoms with Crippen molar-refractivity contribution in [2.75, 3.05) is 49.1 Å². The molecule has 0 bridgehead atoms. The highest BCUT2D eigenvalue weighted by molar-refractivity contribution is 5.99. The number of rotatable bonds is 7. The van der Waals surface area contributed by atoms with E-state index in [1.807, 2.05) is 33.9 Å². The Labute approximate surface area is 210 Å². The number of aromatic nitrogens is 3.